The smallest absolute Gasteiger partial charge is 0.254 e. The van der Waals surface area contributed by atoms with Gasteiger partial charge in [0.15, 0.2) is 11.5 Å². The first kappa shape index (κ1) is 18.0. The zero-order valence-corrected chi connectivity index (χ0v) is 17.7. The Morgan fingerprint density at radius 1 is 1.10 bits per heavy atom. The lowest BCUT2D eigenvalue weighted by molar-refractivity contribution is -0.0262. The molecule has 2 unspecified atom stereocenters. The molecule has 0 spiro atoms. The van der Waals surface area contributed by atoms with E-state index >= 15 is 0 Å². The van der Waals surface area contributed by atoms with Gasteiger partial charge < -0.3 is 14.4 Å². The number of likely N-dealkylation sites (tertiary alicyclic amines) is 1. The summed E-state index contributed by atoms with van der Waals surface area (Å²) in [5.41, 5.74) is 5.47. The van der Waals surface area contributed by atoms with Gasteiger partial charge in [-0.3, -0.25) is 9.79 Å². The van der Waals surface area contributed by atoms with E-state index in [1.165, 1.54) is 11.1 Å². The van der Waals surface area contributed by atoms with Crippen LogP contribution in [0.25, 0.3) is 0 Å². The van der Waals surface area contributed by atoms with E-state index in [4.69, 9.17) is 9.47 Å². The molecule has 0 N–H and O–H groups in total. The van der Waals surface area contributed by atoms with Crippen LogP contribution in [-0.2, 0) is 18.3 Å². The lowest BCUT2D eigenvalue weighted by atomic mass is 9.51. The molecule has 3 aliphatic heterocycles. The Hall–Kier alpha value is -2.82. The molecule has 2 bridgehead atoms. The molecule has 0 aromatic heterocycles. The molecule has 0 radical (unpaired) electrons. The summed E-state index contributed by atoms with van der Waals surface area (Å²) >= 11 is 0. The number of piperidine rings is 1. The Bertz CT molecular complexity index is 1120. The Morgan fingerprint density at radius 3 is 2.73 bits per heavy atom. The molecule has 154 valence electrons. The monoisotopic (exact) mass is 402 g/mol. The summed E-state index contributed by atoms with van der Waals surface area (Å²) in [4.78, 5) is 20.1. The van der Waals surface area contributed by atoms with E-state index in [0.717, 1.165) is 54.1 Å². The summed E-state index contributed by atoms with van der Waals surface area (Å²) in [5.74, 6) is 1.81. The van der Waals surface area contributed by atoms with E-state index in [9.17, 15) is 4.79 Å². The van der Waals surface area contributed by atoms with Crippen molar-refractivity contribution in [3.63, 3.8) is 0 Å². The molecular weight excluding hydrogens is 376 g/mol. The Kier molecular flexibility index (Phi) is 3.52. The minimum Gasteiger partial charge on any atom is -0.454 e. The van der Waals surface area contributed by atoms with Crippen LogP contribution < -0.4 is 9.47 Å². The Morgan fingerprint density at radius 2 is 1.90 bits per heavy atom. The van der Waals surface area contributed by atoms with Gasteiger partial charge in [-0.2, -0.15) is 0 Å². The summed E-state index contributed by atoms with van der Waals surface area (Å²) < 4.78 is 11.3. The summed E-state index contributed by atoms with van der Waals surface area (Å²) in [6.45, 7) is 8.05. The van der Waals surface area contributed by atoms with E-state index in [0.29, 0.717) is 0 Å². The van der Waals surface area contributed by atoms with Crippen LogP contribution in [0.4, 0.5) is 5.69 Å². The molecule has 1 amide bonds. The number of nitrogens with zero attached hydrogens (tertiary/aromatic N) is 2. The zero-order valence-electron chi connectivity index (χ0n) is 17.7. The van der Waals surface area contributed by atoms with Crippen molar-refractivity contribution in [3.05, 3.63) is 52.6 Å². The molecule has 4 aliphatic rings. The van der Waals surface area contributed by atoms with Gasteiger partial charge in [-0.15, -0.1) is 0 Å². The van der Waals surface area contributed by atoms with Gasteiger partial charge in [0, 0.05) is 36.2 Å². The molecule has 5 heteroatoms. The SMILES string of the molecule is CC12CCN(C(=O)c3ccc4c(c3)CC=N4)C(Cc3cc4c(cc31)OCO4)C2(C)C. The third-order valence-corrected chi connectivity index (χ3v) is 8.22. The molecule has 1 fully saturated rings. The summed E-state index contributed by atoms with van der Waals surface area (Å²) in [6, 6.07) is 10.4. The molecule has 2 aromatic carbocycles. The first-order chi connectivity index (χ1) is 14.4. The van der Waals surface area contributed by atoms with E-state index in [1.54, 1.807) is 0 Å². The van der Waals surface area contributed by atoms with E-state index < -0.39 is 0 Å². The van der Waals surface area contributed by atoms with Crippen molar-refractivity contribution in [1.82, 2.24) is 4.90 Å². The predicted molar refractivity (Wildman–Crippen MR) is 115 cm³/mol. The van der Waals surface area contributed by atoms with Gasteiger partial charge in [0.25, 0.3) is 5.91 Å². The van der Waals surface area contributed by atoms with Crippen LogP contribution in [0.5, 0.6) is 11.5 Å². The molecule has 30 heavy (non-hydrogen) atoms. The standard InChI is InChI=1S/C25H26N2O3/c1-24(2)22-12-17-11-20-21(30-14-29-20)13-18(17)25(24,3)7-9-27(22)23(28)16-4-5-19-15(10-16)6-8-26-19/h4-5,8,10-11,13,22H,6-7,9,12,14H2,1-3H3. The number of benzene rings is 2. The summed E-state index contributed by atoms with van der Waals surface area (Å²) in [5, 5.41) is 0. The number of rotatable bonds is 1. The maximum atomic E-state index is 13.6. The second-order valence-corrected chi connectivity index (χ2v) is 9.74. The number of aliphatic imine (C=N–C) groups is 1. The van der Waals surface area contributed by atoms with Gasteiger partial charge in [-0.25, -0.2) is 0 Å². The first-order valence-corrected chi connectivity index (χ1v) is 10.8. The summed E-state index contributed by atoms with van der Waals surface area (Å²) in [7, 11) is 0. The van der Waals surface area contributed by atoms with Gasteiger partial charge >= 0.3 is 0 Å². The van der Waals surface area contributed by atoms with Crippen molar-refractivity contribution in [3.8, 4) is 11.5 Å². The van der Waals surface area contributed by atoms with Crippen molar-refractivity contribution < 1.29 is 14.3 Å². The molecule has 1 aliphatic carbocycles. The zero-order chi connectivity index (χ0) is 20.7. The fraction of sp³-hybridized carbons (Fsp3) is 0.440. The average Bonchev–Trinajstić information content (AvgIpc) is 3.37. The van der Waals surface area contributed by atoms with Crippen molar-refractivity contribution in [2.75, 3.05) is 13.3 Å². The Balaban J connectivity index is 1.40. The third kappa shape index (κ3) is 2.23. The number of ether oxygens (including phenoxy) is 2. The van der Waals surface area contributed by atoms with Crippen LogP contribution in [0.2, 0.25) is 0 Å². The first-order valence-electron chi connectivity index (χ1n) is 10.8. The molecule has 3 heterocycles. The summed E-state index contributed by atoms with van der Waals surface area (Å²) in [6.07, 6.45) is 4.50. The van der Waals surface area contributed by atoms with Crippen molar-refractivity contribution in [2.45, 2.75) is 51.5 Å². The fourth-order valence-electron chi connectivity index (χ4n) is 5.96. The molecular formula is C25H26N2O3. The highest BCUT2D eigenvalue weighted by molar-refractivity contribution is 5.96. The minimum atomic E-state index is -0.0541. The molecule has 2 aromatic rings. The minimum absolute atomic E-state index is 0.0191. The van der Waals surface area contributed by atoms with Crippen LogP contribution in [-0.4, -0.2) is 36.4 Å². The van der Waals surface area contributed by atoms with Crippen molar-refractivity contribution in [1.29, 1.82) is 0 Å². The predicted octanol–water partition coefficient (Wildman–Crippen LogP) is 4.43. The number of fused-ring (bicyclic) bond motifs is 6. The maximum absolute atomic E-state index is 13.6. The molecule has 6 rings (SSSR count). The third-order valence-electron chi connectivity index (χ3n) is 8.22. The second kappa shape index (κ2) is 5.87. The van der Waals surface area contributed by atoms with Gasteiger partial charge in [0.1, 0.15) is 0 Å². The topological polar surface area (TPSA) is 51.1 Å². The van der Waals surface area contributed by atoms with E-state index in [-0.39, 0.29) is 29.6 Å². The number of hydrogen-bond donors (Lipinski definition) is 0. The van der Waals surface area contributed by atoms with Crippen LogP contribution in [0.1, 0.15) is 54.2 Å². The van der Waals surface area contributed by atoms with Crippen LogP contribution in [0, 0.1) is 5.41 Å². The van der Waals surface area contributed by atoms with Crippen molar-refractivity contribution in [2.24, 2.45) is 10.4 Å². The highest BCUT2D eigenvalue weighted by atomic mass is 16.7. The Labute approximate surface area is 176 Å². The largest absolute Gasteiger partial charge is 0.454 e. The number of amides is 1. The van der Waals surface area contributed by atoms with Crippen molar-refractivity contribution >= 4 is 17.8 Å². The van der Waals surface area contributed by atoms with E-state index in [2.05, 4.69) is 42.8 Å². The highest BCUT2D eigenvalue weighted by Crippen LogP contribution is 2.57. The van der Waals surface area contributed by atoms with E-state index in [1.807, 2.05) is 24.4 Å². The molecule has 0 saturated carbocycles. The van der Waals surface area contributed by atoms with Crippen LogP contribution in [0.3, 0.4) is 0 Å². The van der Waals surface area contributed by atoms with Gasteiger partial charge in [-0.1, -0.05) is 20.8 Å². The van der Waals surface area contributed by atoms with Gasteiger partial charge in [0.05, 0.1) is 5.69 Å². The number of hydrogen-bond acceptors (Lipinski definition) is 4. The molecule has 1 saturated heterocycles. The average molecular weight is 402 g/mol. The van der Waals surface area contributed by atoms with Gasteiger partial charge in [0.2, 0.25) is 6.79 Å². The normalized spacial score (nSPS) is 27.0. The molecule has 2 atom stereocenters. The lowest BCUT2D eigenvalue weighted by Gasteiger charge is -2.60. The second-order valence-electron chi connectivity index (χ2n) is 9.74. The fourth-order valence-corrected chi connectivity index (χ4v) is 5.96. The van der Waals surface area contributed by atoms with Gasteiger partial charge in [-0.05, 0) is 65.3 Å². The highest BCUT2D eigenvalue weighted by Gasteiger charge is 2.57. The molecule has 5 nitrogen and oxygen atoms in total. The number of carbonyl (C=O) groups is 1. The lowest BCUT2D eigenvalue weighted by Crippen LogP contribution is -2.64. The van der Waals surface area contributed by atoms with Crippen LogP contribution in [0.15, 0.2) is 35.3 Å². The quantitative estimate of drug-likeness (QED) is 0.709. The maximum Gasteiger partial charge on any atom is 0.254 e. The van der Waals surface area contributed by atoms with Crippen LogP contribution >= 0.6 is 0 Å². The number of carbonyl (C=O) groups excluding carboxylic acids is 1.